The zero-order chi connectivity index (χ0) is 12.1. The molecule has 2 aromatic rings. The van der Waals surface area contributed by atoms with Crippen LogP contribution < -0.4 is 5.32 Å². The van der Waals surface area contributed by atoms with E-state index in [4.69, 9.17) is 11.6 Å². The first-order valence-electron chi connectivity index (χ1n) is 5.46. The van der Waals surface area contributed by atoms with E-state index in [9.17, 15) is 5.11 Å². The number of hydrogen-bond acceptors (Lipinski definition) is 2. The third-order valence-corrected chi connectivity index (χ3v) is 2.87. The molecular weight excluding hydrogens is 234 g/mol. The van der Waals surface area contributed by atoms with Crippen LogP contribution in [0, 0.1) is 0 Å². The van der Waals surface area contributed by atoms with Crippen molar-refractivity contribution in [2.45, 2.75) is 13.2 Å². The van der Waals surface area contributed by atoms with Crippen molar-refractivity contribution in [2.24, 2.45) is 0 Å². The molecule has 0 saturated heterocycles. The fourth-order valence-corrected chi connectivity index (χ4v) is 1.78. The van der Waals surface area contributed by atoms with E-state index >= 15 is 0 Å². The van der Waals surface area contributed by atoms with Gasteiger partial charge in [0.05, 0.1) is 6.61 Å². The third-order valence-electron chi connectivity index (χ3n) is 2.62. The van der Waals surface area contributed by atoms with Gasteiger partial charge in [-0.3, -0.25) is 0 Å². The quantitative estimate of drug-likeness (QED) is 0.868. The molecule has 3 heteroatoms. The molecule has 0 aliphatic heterocycles. The van der Waals surface area contributed by atoms with Crippen molar-refractivity contribution < 1.29 is 5.11 Å². The highest BCUT2D eigenvalue weighted by molar-refractivity contribution is 6.30. The highest BCUT2D eigenvalue weighted by Crippen LogP contribution is 2.15. The largest absolute Gasteiger partial charge is 0.392 e. The number of benzene rings is 2. The summed E-state index contributed by atoms with van der Waals surface area (Å²) in [6.07, 6.45) is 0. The van der Waals surface area contributed by atoms with Crippen LogP contribution in [0.25, 0.3) is 0 Å². The summed E-state index contributed by atoms with van der Waals surface area (Å²) >= 11 is 5.82. The molecule has 0 bridgehead atoms. The monoisotopic (exact) mass is 247 g/mol. The van der Waals surface area contributed by atoms with Crippen molar-refractivity contribution >= 4 is 17.3 Å². The molecule has 2 N–H and O–H groups in total. The molecule has 0 aromatic heterocycles. The van der Waals surface area contributed by atoms with Crippen molar-refractivity contribution in [2.75, 3.05) is 5.32 Å². The maximum atomic E-state index is 9.21. The molecule has 0 radical (unpaired) electrons. The average Bonchev–Trinajstić information content (AvgIpc) is 2.38. The highest BCUT2D eigenvalue weighted by Gasteiger charge is 2.00. The van der Waals surface area contributed by atoms with Gasteiger partial charge in [-0.1, -0.05) is 35.9 Å². The van der Waals surface area contributed by atoms with Crippen LogP contribution in [0.5, 0.6) is 0 Å². The number of rotatable bonds is 4. The van der Waals surface area contributed by atoms with Crippen LogP contribution in [0.2, 0.25) is 5.02 Å². The standard InChI is InChI=1S/C14H14ClNO/c15-13-5-7-14(8-6-13)16-9-11-3-1-2-4-12(11)10-17/h1-8,16-17H,9-10H2. The van der Waals surface area contributed by atoms with E-state index in [1.54, 1.807) is 0 Å². The zero-order valence-corrected chi connectivity index (χ0v) is 10.1. The minimum atomic E-state index is 0.0679. The summed E-state index contributed by atoms with van der Waals surface area (Å²) in [4.78, 5) is 0. The minimum absolute atomic E-state index is 0.0679. The first-order valence-corrected chi connectivity index (χ1v) is 5.84. The molecule has 2 aromatic carbocycles. The molecule has 0 unspecified atom stereocenters. The first-order chi connectivity index (χ1) is 8.29. The first kappa shape index (κ1) is 12.0. The van der Waals surface area contributed by atoms with Crippen LogP contribution in [0.3, 0.4) is 0 Å². The normalized spacial score (nSPS) is 10.2. The van der Waals surface area contributed by atoms with Gasteiger partial charge in [0.15, 0.2) is 0 Å². The molecule has 0 aliphatic rings. The molecule has 0 aliphatic carbocycles. The SMILES string of the molecule is OCc1ccccc1CNc1ccc(Cl)cc1. The van der Waals surface area contributed by atoms with Gasteiger partial charge in [-0.15, -0.1) is 0 Å². The highest BCUT2D eigenvalue weighted by atomic mass is 35.5. The Labute approximate surface area is 106 Å². The molecule has 0 fully saturated rings. The Balaban J connectivity index is 2.04. The second-order valence-electron chi connectivity index (χ2n) is 3.79. The molecule has 17 heavy (non-hydrogen) atoms. The van der Waals surface area contributed by atoms with Gasteiger partial charge in [-0.05, 0) is 35.4 Å². The Hall–Kier alpha value is -1.51. The lowest BCUT2D eigenvalue weighted by atomic mass is 10.1. The van der Waals surface area contributed by atoms with Gasteiger partial charge in [0.1, 0.15) is 0 Å². The number of hydrogen-bond donors (Lipinski definition) is 2. The fourth-order valence-electron chi connectivity index (χ4n) is 1.65. The lowest BCUT2D eigenvalue weighted by molar-refractivity contribution is 0.280. The lowest BCUT2D eigenvalue weighted by Crippen LogP contribution is -2.02. The molecule has 0 spiro atoms. The summed E-state index contributed by atoms with van der Waals surface area (Å²) in [5.41, 5.74) is 3.07. The number of nitrogens with one attached hydrogen (secondary N) is 1. The van der Waals surface area contributed by atoms with Crippen molar-refractivity contribution in [1.82, 2.24) is 0 Å². The van der Waals surface area contributed by atoms with Gasteiger partial charge in [-0.2, -0.15) is 0 Å². The van der Waals surface area contributed by atoms with Crippen molar-refractivity contribution in [3.05, 3.63) is 64.7 Å². The predicted octanol–water partition coefficient (Wildman–Crippen LogP) is 3.44. The maximum Gasteiger partial charge on any atom is 0.0685 e. The van der Waals surface area contributed by atoms with Crippen LogP contribution in [0.4, 0.5) is 5.69 Å². The molecule has 2 nitrogen and oxygen atoms in total. The smallest absolute Gasteiger partial charge is 0.0685 e. The van der Waals surface area contributed by atoms with Gasteiger partial charge in [0.2, 0.25) is 0 Å². The Bertz CT molecular complexity index is 482. The van der Waals surface area contributed by atoms with Gasteiger partial charge in [0, 0.05) is 17.3 Å². The zero-order valence-electron chi connectivity index (χ0n) is 9.36. The molecule has 0 amide bonds. The van der Waals surface area contributed by atoms with E-state index in [1.165, 1.54) is 0 Å². The minimum Gasteiger partial charge on any atom is -0.392 e. The van der Waals surface area contributed by atoms with Crippen molar-refractivity contribution in [1.29, 1.82) is 0 Å². The molecular formula is C14H14ClNO. The number of halogens is 1. The number of aliphatic hydroxyl groups excluding tert-OH is 1. The summed E-state index contributed by atoms with van der Waals surface area (Å²) in [6.45, 7) is 0.761. The van der Waals surface area contributed by atoms with E-state index < -0.39 is 0 Å². The summed E-state index contributed by atoms with van der Waals surface area (Å²) < 4.78 is 0. The summed E-state index contributed by atoms with van der Waals surface area (Å²) in [5, 5.41) is 13.2. The average molecular weight is 248 g/mol. The van der Waals surface area contributed by atoms with E-state index in [1.807, 2.05) is 48.5 Å². The van der Waals surface area contributed by atoms with Gasteiger partial charge in [0.25, 0.3) is 0 Å². The van der Waals surface area contributed by atoms with Gasteiger partial charge in [-0.25, -0.2) is 0 Å². The topological polar surface area (TPSA) is 32.3 Å². The summed E-state index contributed by atoms with van der Waals surface area (Å²) in [5.74, 6) is 0. The van der Waals surface area contributed by atoms with Crippen LogP contribution in [0.15, 0.2) is 48.5 Å². The van der Waals surface area contributed by atoms with Crippen LogP contribution in [0.1, 0.15) is 11.1 Å². The van der Waals surface area contributed by atoms with Gasteiger partial charge >= 0.3 is 0 Å². The Kier molecular flexibility index (Phi) is 4.02. The molecule has 0 saturated carbocycles. The maximum absolute atomic E-state index is 9.21. The van der Waals surface area contributed by atoms with Crippen molar-refractivity contribution in [3.8, 4) is 0 Å². The lowest BCUT2D eigenvalue weighted by Gasteiger charge is -2.09. The predicted molar refractivity (Wildman–Crippen MR) is 71.1 cm³/mol. The Morgan fingerprint density at radius 2 is 1.59 bits per heavy atom. The van der Waals surface area contributed by atoms with Crippen LogP contribution in [-0.2, 0) is 13.2 Å². The summed E-state index contributed by atoms with van der Waals surface area (Å²) in [7, 11) is 0. The van der Waals surface area contributed by atoms with E-state index in [0.29, 0.717) is 6.54 Å². The van der Waals surface area contributed by atoms with E-state index in [0.717, 1.165) is 21.8 Å². The molecule has 2 rings (SSSR count). The van der Waals surface area contributed by atoms with Crippen LogP contribution in [-0.4, -0.2) is 5.11 Å². The molecule has 0 heterocycles. The Morgan fingerprint density at radius 3 is 2.24 bits per heavy atom. The second-order valence-corrected chi connectivity index (χ2v) is 4.22. The fraction of sp³-hybridized carbons (Fsp3) is 0.143. The van der Waals surface area contributed by atoms with Gasteiger partial charge < -0.3 is 10.4 Å². The number of aliphatic hydroxyl groups is 1. The van der Waals surface area contributed by atoms with E-state index in [2.05, 4.69) is 5.32 Å². The van der Waals surface area contributed by atoms with Crippen LogP contribution >= 0.6 is 11.6 Å². The summed E-state index contributed by atoms with van der Waals surface area (Å²) in [6, 6.07) is 15.4. The Morgan fingerprint density at radius 1 is 0.941 bits per heavy atom. The van der Waals surface area contributed by atoms with E-state index in [-0.39, 0.29) is 6.61 Å². The third kappa shape index (κ3) is 3.22. The molecule has 0 atom stereocenters. The van der Waals surface area contributed by atoms with Crippen molar-refractivity contribution in [3.63, 3.8) is 0 Å². The molecule has 88 valence electrons. The number of anilines is 1. The second kappa shape index (κ2) is 5.71.